The SMILES string of the molecule is CCC(CC)C(=O)N1CCN([C@@H](c2ccccc2)c2ccc(Cl)cc2)CC1. The van der Waals surface area contributed by atoms with Crippen LogP contribution in [-0.2, 0) is 4.79 Å². The van der Waals surface area contributed by atoms with E-state index in [0.29, 0.717) is 5.91 Å². The van der Waals surface area contributed by atoms with Crippen LogP contribution in [0, 0.1) is 5.92 Å². The summed E-state index contributed by atoms with van der Waals surface area (Å²) in [6.07, 6.45) is 1.85. The number of benzene rings is 2. The third-order valence-corrected chi connectivity index (χ3v) is 5.88. The summed E-state index contributed by atoms with van der Waals surface area (Å²) >= 11 is 6.10. The van der Waals surface area contributed by atoms with E-state index in [0.717, 1.165) is 44.0 Å². The summed E-state index contributed by atoms with van der Waals surface area (Å²) in [6.45, 7) is 7.57. The number of hydrogen-bond acceptors (Lipinski definition) is 2. The first-order chi connectivity index (χ1) is 13.1. The summed E-state index contributed by atoms with van der Waals surface area (Å²) < 4.78 is 0. The molecule has 1 heterocycles. The summed E-state index contributed by atoms with van der Waals surface area (Å²) in [5, 5.41) is 0.756. The fourth-order valence-corrected chi connectivity index (χ4v) is 4.12. The van der Waals surface area contributed by atoms with Gasteiger partial charge in [-0.15, -0.1) is 0 Å². The van der Waals surface area contributed by atoms with Crippen molar-refractivity contribution in [1.82, 2.24) is 9.80 Å². The lowest BCUT2D eigenvalue weighted by Gasteiger charge is -2.40. The molecule has 27 heavy (non-hydrogen) atoms. The van der Waals surface area contributed by atoms with E-state index in [1.165, 1.54) is 11.1 Å². The summed E-state index contributed by atoms with van der Waals surface area (Å²) in [4.78, 5) is 17.2. The smallest absolute Gasteiger partial charge is 0.225 e. The molecule has 0 aromatic heterocycles. The van der Waals surface area contributed by atoms with E-state index in [1.807, 2.05) is 12.1 Å². The lowest BCUT2D eigenvalue weighted by Crippen LogP contribution is -2.51. The zero-order valence-corrected chi connectivity index (χ0v) is 17.0. The molecule has 1 amide bonds. The maximum atomic E-state index is 12.7. The van der Waals surface area contributed by atoms with Gasteiger partial charge in [-0.3, -0.25) is 9.69 Å². The van der Waals surface area contributed by atoms with Crippen LogP contribution in [0.5, 0.6) is 0 Å². The van der Waals surface area contributed by atoms with Crippen molar-refractivity contribution in [2.24, 2.45) is 5.92 Å². The lowest BCUT2D eigenvalue weighted by atomic mass is 9.96. The molecule has 144 valence electrons. The van der Waals surface area contributed by atoms with Crippen LogP contribution in [0.15, 0.2) is 54.6 Å². The monoisotopic (exact) mass is 384 g/mol. The van der Waals surface area contributed by atoms with Crippen molar-refractivity contribution < 1.29 is 4.79 Å². The topological polar surface area (TPSA) is 23.6 Å². The van der Waals surface area contributed by atoms with Crippen molar-refractivity contribution in [3.05, 3.63) is 70.7 Å². The number of carbonyl (C=O) groups is 1. The molecule has 0 N–H and O–H groups in total. The van der Waals surface area contributed by atoms with Gasteiger partial charge in [0.1, 0.15) is 0 Å². The van der Waals surface area contributed by atoms with Gasteiger partial charge in [0.25, 0.3) is 0 Å². The second-order valence-electron chi connectivity index (χ2n) is 7.24. The van der Waals surface area contributed by atoms with Gasteiger partial charge in [-0.25, -0.2) is 0 Å². The Bertz CT molecular complexity index is 720. The van der Waals surface area contributed by atoms with E-state index in [4.69, 9.17) is 11.6 Å². The zero-order chi connectivity index (χ0) is 19.2. The van der Waals surface area contributed by atoms with Gasteiger partial charge in [0.2, 0.25) is 5.91 Å². The Kier molecular flexibility index (Phi) is 6.92. The van der Waals surface area contributed by atoms with Gasteiger partial charge >= 0.3 is 0 Å². The average Bonchev–Trinajstić information content (AvgIpc) is 2.72. The molecule has 1 aliphatic heterocycles. The molecule has 4 heteroatoms. The van der Waals surface area contributed by atoms with Crippen LogP contribution in [-0.4, -0.2) is 41.9 Å². The molecular weight excluding hydrogens is 356 g/mol. The van der Waals surface area contributed by atoms with Crippen LogP contribution in [0.3, 0.4) is 0 Å². The Morgan fingerprint density at radius 1 is 0.889 bits per heavy atom. The van der Waals surface area contributed by atoms with Gasteiger partial charge in [0.15, 0.2) is 0 Å². The molecule has 1 saturated heterocycles. The Morgan fingerprint density at radius 3 is 2.00 bits per heavy atom. The minimum absolute atomic E-state index is 0.165. The number of carbonyl (C=O) groups excluding carboxylic acids is 1. The van der Waals surface area contributed by atoms with Crippen LogP contribution in [0.2, 0.25) is 5.02 Å². The summed E-state index contributed by atoms with van der Waals surface area (Å²) in [5.41, 5.74) is 2.52. The highest BCUT2D eigenvalue weighted by molar-refractivity contribution is 6.30. The molecule has 3 nitrogen and oxygen atoms in total. The minimum Gasteiger partial charge on any atom is -0.340 e. The van der Waals surface area contributed by atoms with E-state index in [2.05, 4.69) is 66.1 Å². The van der Waals surface area contributed by atoms with Gasteiger partial charge in [0, 0.05) is 37.1 Å². The summed E-state index contributed by atoms with van der Waals surface area (Å²) in [7, 11) is 0. The van der Waals surface area contributed by atoms with Gasteiger partial charge in [-0.2, -0.15) is 0 Å². The standard InChI is InChI=1S/C23H29ClN2O/c1-3-18(4-2)23(27)26-16-14-25(15-17-26)22(19-8-6-5-7-9-19)20-10-12-21(24)13-11-20/h5-13,18,22H,3-4,14-17H2,1-2H3/t22-/m0/s1. The minimum atomic E-state index is 0.165. The predicted molar refractivity (Wildman–Crippen MR) is 112 cm³/mol. The van der Waals surface area contributed by atoms with Gasteiger partial charge in [0.05, 0.1) is 6.04 Å². The normalized spacial score (nSPS) is 16.5. The second kappa shape index (κ2) is 9.38. The van der Waals surface area contributed by atoms with Crippen LogP contribution in [0.1, 0.15) is 43.9 Å². The molecule has 1 atom stereocenters. The van der Waals surface area contributed by atoms with Gasteiger partial charge in [-0.1, -0.05) is 67.9 Å². The number of piperazine rings is 1. The third kappa shape index (κ3) is 4.72. The first-order valence-corrected chi connectivity index (χ1v) is 10.3. The number of hydrogen-bond donors (Lipinski definition) is 0. The first-order valence-electron chi connectivity index (χ1n) is 9.97. The Morgan fingerprint density at radius 2 is 1.44 bits per heavy atom. The van der Waals surface area contributed by atoms with Gasteiger partial charge in [-0.05, 0) is 36.1 Å². The largest absolute Gasteiger partial charge is 0.340 e. The Hall–Kier alpha value is -1.84. The van der Waals surface area contributed by atoms with Crippen molar-refractivity contribution in [2.45, 2.75) is 32.7 Å². The Balaban J connectivity index is 1.77. The third-order valence-electron chi connectivity index (χ3n) is 5.63. The van der Waals surface area contributed by atoms with Crippen LogP contribution >= 0.6 is 11.6 Å². The zero-order valence-electron chi connectivity index (χ0n) is 16.3. The molecule has 3 rings (SSSR count). The van der Waals surface area contributed by atoms with E-state index >= 15 is 0 Å². The van der Waals surface area contributed by atoms with Crippen molar-refractivity contribution >= 4 is 17.5 Å². The molecule has 0 saturated carbocycles. The molecule has 0 radical (unpaired) electrons. The molecule has 0 unspecified atom stereocenters. The highest BCUT2D eigenvalue weighted by Crippen LogP contribution is 2.30. The molecule has 0 aliphatic carbocycles. The number of amides is 1. The molecule has 0 spiro atoms. The number of nitrogens with zero attached hydrogens (tertiary/aromatic N) is 2. The summed E-state index contributed by atoms with van der Waals surface area (Å²) in [6, 6.07) is 18.9. The van der Waals surface area contributed by atoms with Crippen LogP contribution < -0.4 is 0 Å². The Labute approximate surface area is 167 Å². The fraction of sp³-hybridized carbons (Fsp3) is 0.435. The molecule has 1 fully saturated rings. The highest BCUT2D eigenvalue weighted by atomic mass is 35.5. The average molecular weight is 385 g/mol. The predicted octanol–water partition coefficient (Wildman–Crippen LogP) is 5.01. The quantitative estimate of drug-likeness (QED) is 0.698. The van der Waals surface area contributed by atoms with Gasteiger partial charge < -0.3 is 4.90 Å². The highest BCUT2D eigenvalue weighted by Gasteiger charge is 2.29. The van der Waals surface area contributed by atoms with E-state index in [-0.39, 0.29) is 12.0 Å². The molecular formula is C23H29ClN2O. The number of rotatable bonds is 6. The van der Waals surface area contributed by atoms with Crippen LogP contribution in [0.4, 0.5) is 0 Å². The van der Waals surface area contributed by atoms with Crippen molar-refractivity contribution in [3.8, 4) is 0 Å². The van der Waals surface area contributed by atoms with E-state index in [1.54, 1.807) is 0 Å². The first kappa shape index (κ1) is 19.9. The van der Waals surface area contributed by atoms with Crippen molar-refractivity contribution in [1.29, 1.82) is 0 Å². The van der Waals surface area contributed by atoms with E-state index in [9.17, 15) is 4.79 Å². The lowest BCUT2D eigenvalue weighted by molar-refractivity contribution is -0.137. The number of halogens is 1. The van der Waals surface area contributed by atoms with Crippen LogP contribution in [0.25, 0.3) is 0 Å². The maximum Gasteiger partial charge on any atom is 0.225 e. The molecule has 2 aromatic carbocycles. The maximum absolute atomic E-state index is 12.7. The molecule has 1 aliphatic rings. The van der Waals surface area contributed by atoms with E-state index < -0.39 is 0 Å². The van der Waals surface area contributed by atoms with Crippen molar-refractivity contribution in [3.63, 3.8) is 0 Å². The second-order valence-corrected chi connectivity index (χ2v) is 7.68. The molecule has 0 bridgehead atoms. The summed E-state index contributed by atoms with van der Waals surface area (Å²) in [5.74, 6) is 0.486. The fourth-order valence-electron chi connectivity index (χ4n) is 3.99. The van der Waals surface area contributed by atoms with Crippen molar-refractivity contribution in [2.75, 3.05) is 26.2 Å². The molecule has 2 aromatic rings.